The van der Waals surface area contributed by atoms with Gasteiger partial charge in [-0.05, 0) is 36.6 Å². The van der Waals surface area contributed by atoms with Gasteiger partial charge >= 0.3 is 12.1 Å². The van der Waals surface area contributed by atoms with Gasteiger partial charge in [-0.15, -0.1) is 0 Å². The Bertz CT molecular complexity index is 874. The zero-order chi connectivity index (χ0) is 21.4. The number of halogens is 1. The number of hydrogen-bond donors (Lipinski definition) is 3. The molecule has 0 radical (unpaired) electrons. The molecular weight excluding hydrogens is 461 g/mol. The molecule has 0 bridgehead atoms. The van der Waals surface area contributed by atoms with E-state index in [4.69, 9.17) is 4.74 Å². The van der Waals surface area contributed by atoms with Crippen LogP contribution in [0.3, 0.4) is 0 Å². The van der Waals surface area contributed by atoms with Gasteiger partial charge < -0.3 is 20.1 Å². The number of carboxylic acids is 1. The van der Waals surface area contributed by atoms with E-state index in [1.165, 1.54) is 6.92 Å². The summed E-state index contributed by atoms with van der Waals surface area (Å²) in [6.07, 6.45) is -1.19. The van der Waals surface area contributed by atoms with Crippen LogP contribution in [0.15, 0.2) is 59.1 Å². The van der Waals surface area contributed by atoms with Gasteiger partial charge in [0.25, 0.3) is 0 Å². The highest BCUT2D eigenvalue weighted by Gasteiger charge is 2.35. The van der Waals surface area contributed by atoms with Crippen molar-refractivity contribution in [2.75, 3.05) is 6.16 Å². The number of amides is 1. The zero-order valence-corrected chi connectivity index (χ0v) is 18.3. The summed E-state index contributed by atoms with van der Waals surface area (Å²) in [4.78, 5) is 33.9. The summed E-state index contributed by atoms with van der Waals surface area (Å²) >= 11 is 3.31. The lowest BCUT2D eigenvalue weighted by molar-refractivity contribution is -0.141. The van der Waals surface area contributed by atoms with Crippen molar-refractivity contribution in [3.63, 3.8) is 0 Å². The fourth-order valence-corrected chi connectivity index (χ4v) is 4.45. The molecule has 1 amide bonds. The van der Waals surface area contributed by atoms with Gasteiger partial charge in [0.15, 0.2) is 0 Å². The average Bonchev–Trinajstić information content (AvgIpc) is 2.68. The molecule has 2 unspecified atom stereocenters. The number of rotatable bonds is 9. The van der Waals surface area contributed by atoms with E-state index < -0.39 is 37.3 Å². The molecule has 0 heterocycles. The monoisotopic (exact) mass is 483 g/mol. The molecule has 0 fully saturated rings. The smallest absolute Gasteiger partial charge is 0.408 e. The van der Waals surface area contributed by atoms with Crippen molar-refractivity contribution >= 4 is 35.4 Å². The first kappa shape index (κ1) is 23.1. The minimum Gasteiger partial charge on any atom is -0.481 e. The number of carbonyl (C=O) groups excluding carboxylic acids is 1. The van der Waals surface area contributed by atoms with Crippen LogP contribution in [0.1, 0.15) is 18.1 Å². The van der Waals surface area contributed by atoms with E-state index in [0.29, 0.717) is 0 Å². The Labute approximate surface area is 177 Å². The molecule has 2 aromatic rings. The van der Waals surface area contributed by atoms with Gasteiger partial charge in [-0.25, -0.2) is 4.79 Å². The van der Waals surface area contributed by atoms with E-state index in [2.05, 4.69) is 21.2 Å². The van der Waals surface area contributed by atoms with E-state index >= 15 is 0 Å². The first-order valence-corrected chi connectivity index (χ1v) is 11.6. The van der Waals surface area contributed by atoms with E-state index in [-0.39, 0.29) is 13.0 Å². The Morgan fingerprint density at radius 2 is 1.72 bits per heavy atom. The zero-order valence-electron chi connectivity index (χ0n) is 15.8. The molecule has 7 nitrogen and oxygen atoms in total. The first-order chi connectivity index (χ1) is 13.7. The van der Waals surface area contributed by atoms with E-state index in [1.807, 2.05) is 6.07 Å². The predicted octanol–water partition coefficient (Wildman–Crippen LogP) is 4.24. The molecule has 0 saturated carbocycles. The van der Waals surface area contributed by atoms with Crippen LogP contribution in [-0.2, 0) is 27.1 Å². The van der Waals surface area contributed by atoms with Crippen molar-refractivity contribution < 1.29 is 28.9 Å². The van der Waals surface area contributed by atoms with Gasteiger partial charge in [0.05, 0.1) is 5.92 Å². The summed E-state index contributed by atoms with van der Waals surface area (Å²) in [6.45, 7) is 1.39. The molecule has 29 heavy (non-hydrogen) atoms. The Morgan fingerprint density at radius 3 is 2.31 bits per heavy atom. The Balaban J connectivity index is 1.93. The lowest BCUT2D eigenvalue weighted by Gasteiger charge is -2.23. The standard InChI is InChI=1S/C20H23BrNO6P/c1-14(22-20(25)28-12-16-5-3-2-4-6-16)29(26,27)13-17(19(23)24)11-15-7-9-18(21)10-8-15/h2-10,14,17H,11-13H2,1H3,(H,22,25)(H,23,24)(H,26,27)/t14?,17-/m0/s1. The second kappa shape index (κ2) is 10.6. The summed E-state index contributed by atoms with van der Waals surface area (Å²) < 4.78 is 18.6. The molecule has 0 saturated heterocycles. The average molecular weight is 484 g/mol. The molecule has 2 aromatic carbocycles. The van der Waals surface area contributed by atoms with Crippen molar-refractivity contribution in [1.82, 2.24) is 5.32 Å². The molecular formula is C20H23BrNO6P. The minimum atomic E-state index is -3.99. The highest BCUT2D eigenvalue weighted by Crippen LogP contribution is 2.47. The van der Waals surface area contributed by atoms with Crippen molar-refractivity contribution in [1.29, 1.82) is 0 Å². The molecule has 156 valence electrons. The maximum atomic E-state index is 12.7. The van der Waals surface area contributed by atoms with Crippen molar-refractivity contribution in [3.8, 4) is 0 Å². The van der Waals surface area contributed by atoms with Gasteiger partial charge in [0.1, 0.15) is 12.4 Å². The molecule has 0 aliphatic carbocycles. The van der Waals surface area contributed by atoms with Gasteiger partial charge in [-0.2, -0.15) is 0 Å². The lowest BCUT2D eigenvalue weighted by atomic mass is 10.0. The highest BCUT2D eigenvalue weighted by molar-refractivity contribution is 9.10. The van der Waals surface area contributed by atoms with Crippen LogP contribution in [0.4, 0.5) is 4.79 Å². The highest BCUT2D eigenvalue weighted by atomic mass is 79.9. The predicted molar refractivity (Wildman–Crippen MR) is 113 cm³/mol. The Hall–Kier alpha value is -2.15. The SMILES string of the molecule is CC(NC(=O)OCc1ccccc1)P(=O)(O)C[C@H](Cc1ccc(Br)cc1)C(=O)O. The van der Waals surface area contributed by atoms with Crippen LogP contribution in [-0.4, -0.2) is 34.0 Å². The van der Waals surface area contributed by atoms with Crippen LogP contribution >= 0.6 is 23.3 Å². The number of carbonyl (C=O) groups is 2. The second-order valence-electron chi connectivity index (χ2n) is 6.69. The number of aliphatic carboxylic acids is 1. The molecule has 3 atom stereocenters. The fraction of sp³-hybridized carbons (Fsp3) is 0.300. The van der Waals surface area contributed by atoms with Gasteiger partial charge in [0, 0.05) is 10.6 Å². The van der Waals surface area contributed by atoms with Crippen LogP contribution in [0.25, 0.3) is 0 Å². The molecule has 2 rings (SSSR count). The number of carboxylic acid groups (broad SMARTS) is 1. The van der Waals surface area contributed by atoms with Gasteiger partial charge in [-0.3, -0.25) is 9.36 Å². The molecule has 0 aliphatic rings. The summed E-state index contributed by atoms with van der Waals surface area (Å²) in [5.74, 6) is -3.37. The van der Waals surface area contributed by atoms with Crippen molar-refractivity contribution in [3.05, 3.63) is 70.2 Å². The normalized spacial score (nSPS) is 15.0. The van der Waals surface area contributed by atoms with E-state index in [1.54, 1.807) is 48.5 Å². The molecule has 3 N–H and O–H groups in total. The number of benzene rings is 2. The largest absolute Gasteiger partial charge is 0.481 e. The summed E-state index contributed by atoms with van der Waals surface area (Å²) in [7, 11) is -3.99. The van der Waals surface area contributed by atoms with E-state index in [9.17, 15) is 24.2 Å². The molecule has 9 heteroatoms. The number of alkyl carbamates (subject to hydrolysis) is 1. The number of nitrogens with one attached hydrogen (secondary N) is 1. The summed E-state index contributed by atoms with van der Waals surface area (Å²) in [5.41, 5.74) is 1.52. The van der Waals surface area contributed by atoms with Crippen LogP contribution in [0.2, 0.25) is 0 Å². The minimum absolute atomic E-state index is 0.0242. The topological polar surface area (TPSA) is 113 Å². The number of hydrogen-bond acceptors (Lipinski definition) is 4. The number of ether oxygens (including phenoxy) is 1. The molecule has 0 spiro atoms. The Kier molecular flexibility index (Phi) is 8.44. The van der Waals surface area contributed by atoms with E-state index in [0.717, 1.165) is 15.6 Å². The Morgan fingerprint density at radius 1 is 1.10 bits per heavy atom. The van der Waals surface area contributed by atoms with Crippen LogP contribution < -0.4 is 5.32 Å². The fourth-order valence-electron chi connectivity index (χ4n) is 2.65. The third-order valence-electron chi connectivity index (χ3n) is 4.37. The van der Waals surface area contributed by atoms with Crippen LogP contribution in [0.5, 0.6) is 0 Å². The molecule has 0 aromatic heterocycles. The maximum Gasteiger partial charge on any atom is 0.408 e. The quantitative estimate of drug-likeness (QED) is 0.459. The molecule has 0 aliphatic heterocycles. The maximum absolute atomic E-state index is 12.7. The third-order valence-corrected chi connectivity index (χ3v) is 7.20. The summed E-state index contributed by atoms with van der Waals surface area (Å²) in [5, 5.41) is 11.8. The first-order valence-electron chi connectivity index (χ1n) is 8.93. The third kappa shape index (κ3) is 7.65. The summed E-state index contributed by atoms with van der Waals surface area (Å²) in [6, 6.07) is 16.1. The van der Waals surface area contributed by atoms with Crippen molar-refractivity contribution in [2.24, 2.45) is 5.92 Å². The van der Waals surface area contributed by atoms with Gasteiger partial charge in [-0.1, -0.05) is 58.4 Å². The van der Waals surface area contributed by atoms with Gasteiger partial charge in [0.2, 0.25) is 7.37 Å². The second-order valence-corrected chi connectivity index (χ2v) is 10.3. The lowest BCUT2D eigenvalue weighted by Crippen LogP contribution is -2.35. The van der Waals surface area contributed by atoms with Crippen LogP contribution in [0, 0.1) is 5.92 Å². The van der Waals surface area contributed by atoms with Crippen molar-refractivity contribution in [2.45, 2.75) is 25.7 Å².